The molecule has 1 atom stereocenters. The topological polar surface area (TPSA) is 0 Å². The smallest absolute Gasteiger partial charge is 0.0624 e. The van der Waals surface area contributed by atoms with Crippen molar-refractivity contribution in [3.05, 3.63) is 0 Å². The van der Waals surface area contributed by atoms with Gasteiger partial charge in [-0.3, -0.25) is 0 Å². The van der Waals surface area contributed by atoms with Crippen LogP contribution >= 0.6 is 0 Å². The van der Waals surface area contributed by atoms with E-state index < -0.39 is 5.21 Å². The van der Waals surface area contributed by atoms with E-state index in [1.807, 2.05) is 0 Å². The zero-order valence-electron chi connectivity index (χ0n) is 9.39. The molecule has 2 saturated carbocycles. The molecule has 1 unspecified atom stereocenters. The van der Waals surface area contributed by atoms with Gasteiger partial charge in [-0.05, 0) is 31.1 Å². The summed E-state index contributed by atoms with van der Waals surface area (Å²) in [6, 6.07) is 0. The van der Waals surface area contributed by atoms with E-state index in [-0.39, 0.29) is 0 Å². The van der Waals surface area contributed by atoms with Gasteiger partial charge >= 0.3 is 0 Å². The summed E-state index contributed by atoms with van der Waals surface area (Å²) in [5.41, 5.74) is 0.657. The summed E-state index contributed by atoms with van der Waals surface area (Å²) in [6.45, 7) is 2.11. The normalized spacial score (nSPS) is 31.4. The van der Waals surface area contributed by atoms with Crippen molar-refractivity contribution in [1.82, 2.24) is 0 Å². The zero-order valence-corrected chi connectivity index (χ0v) is 9.39. The molecule has 2 aliphatic rings. The monoisotopic (exact) mass is 186 g/mol. The van der Waals surface area contributed by atoms with Gasteiger partial charge in [-0.2, -0.15) is 0 Å². The quantitative estimate of drug-likeness (QED) is 0.580. The van der Waals surface area contributed by atoms with E-state index in [2.05, 4.69) is 6.92 Å². The van der Waals surface area contributed by atoms with E-state index in [1.165, 1.54) is 44.9 Å². The molecule has 2 aliphatic carbocycles. The summed E-state index contributed by atoms with van der Waals surface area (Å²) >= 11 is 0. The molecule has 0 heterocycles. The van der Waals surface area contributed by atoms with Gasteiger partial charge in [0.25, 0.3) is 0 Å². The van der Waals surface area contributed by atoms with Gasteiger partial charge in [0.15, 0.2) is 0 Å². The van der Waals surface area contributed by atoms with Crippen molar-refractivity contribution in [2.24, 2.45) is 11.3 Å². The Balaban J connectivity index is 2.00. The second kappa shape index (κ2) is 3.61. The summed E-state index contributed by atoms with van der Waals surface area (Å²) in [6.07, 6.45) is 10.6. The number of rotatable bonds is 2. The third-order valence-electron chi connectivity index (χ3n) is 4.74. The highest BCUT2D eigenvalue weighted by atomic mass is 14.5. The Bertz CT molecular complexity index is 204. The zero-order chi connectivity index (χ0) is 10.2. The van der Waals surface area contributed by atoms with Gasteiger partial charge in [0.05, 0.1) is 15.7 Å². The number of hydrogen-bond acceptors (Lipinski definition) is 0. The first-order valence-corrected chi connectivity index (χ1v) is 6.16. The highest BCUT2D eigenvalue weighted by Crippen LogP contribution is 2.57. The van der Waals surface area contributed by atoms with Crippen LogP contribution in [0.25, 0.3) is 0 Å². The molecule has 0 nitrogen and oxygen atoms in total. The first kappa shape index (κ1) is 10.6. The third-order valence-corrected chi connectivity index (χ3v) is 4.74. The SMILES string of the molecule is [B]C([B])(CC)C1CCC2(CCCC2)C1. The van der Waals surface area contributed by atoms with Crippen molar-refractivity contribution < 1.29 is 0 Å². The molecule has 0 N–H and O–H groups in total. The fourth-order valence-electron chi connectivity index (χ4n) is 3.53. The molecule has 0 aliphatic heterocycles. The Morgan fingerprint density at radius 1 is 1.21 bits per heavy atom. The Hall–Kier alpha value is 0.130. The maximum Gasteiger partial charge on any atom is 0.0624 e. The molecule has 2 rings (SSSR count). The van der Waals surface area contributed by atoms with Gasteiger partial charge in [0.1, 0.15) is 0 Å². The molecule has 0 bridgehead atoms. The van der Waals surface area contributed by atoms with E-state index in [0.717, 1.165) is 6.42 Å². The van der Waals surface area contributed by atoms with Gasteiger partial charge in [0.2, 0.25) is 0 Å². The largest absolute Gasteiger partial charge is 0.0965 e. The van der Waals surface area contributed by atoms with Crippen LogP contribution in [0.2, 0.25) is 5.21 Å². The molecule has 74 valence electrons. The molecular formula is C12H20B2. The average molecular weight is 186 g/mol. The van der Waals surface area contributed by atoms with E-state index in [0.29, 0.717) is 11.3 Å². The standard InChI is InChI=1S/C12H20B2/c1-2-12(13,14)10-5-8-11(9-10)6-3-4-7-11/h10H,2-9H2,1H3. The Kier molecular flexibility index (Phi) is 2.74. The van der Waals surface area contributed by atoms with Crippen LogP contribution in [0.3, 0.4) is 0 Å². The first-order chi connectivity index (χ1) is 6.58. The second-order valence-electron chi connectivity index (χ2n) is 5.61. The lowest BCUT2D eigenvalue weighted by molar-refractivity contribution is 0.286. The van der Waals surface area contributed by atoms with Crippen molar-refractivity contribution in [3.8, 4) is 0 Å². The van der Waals surface area contributed by atoms with Gasteiger partial charge < -0.3 is 0 Å². The van der Waals surface area contributed by atoms with Crippen molar-refractivity contribution in [2.75, 3.05) is 0 Å². The van der Waals surface area contributed by atoms with Crippen molar-refractivity contribution in [1.29, 1.82) is 0 Å². The van der Waals surface area contributed by atoms with Crippen LogP contribution in [0, 0.1) is 11.3 Å². The fourth-order valence-corrected chi connectivity index (χ4v) is 3.53. The molecule has 2 fully saturated rings. The molecule has 0 aromatic carbocycles. The maximum atomic E-state index is 6.15. The van der Waals surface area contributed by atoms with Crippen LogP contribution in [0.5, 0.6) is 0 Å². The van der Waals surface area contributed by atoms with Crippen LogP contribution in [0.1, 0.15) is 58.3 Å². The summed E-state index contributed by atoms with van der Waals surface area (Å²) in [5, 5.41) is -0.397. The molecule has 2 heteroatoms. The van der Waals surface area contributed by atoms with Crippen LogP contribution in [-0.4, -0.2) is 15.7 Å². The van der Waals surface area contributed by atoms with Crippen molar-refractivity contribution in [3.63, 3.8) is 0 Å². The van der Waals surface area contributed by atoms with Crippen molar-refractivity contribution in [2.45, 2.75) is 63.5 Å². The maximum absolute atomic E-state index is 6.15. The Morgan fingerprint density at radius 3 is 2.43 bits per heavy atom. The summed E-state index contributed by atoms with van der Waals surface area (Å²) in [5.74, 6) is 0.575. The van der Waals surface area contributed by atoms with E-state index in [9.17, 15) is 0 Å². The highest BCUT2D eigenvalue weighted by molar-refractivity contribution is 6.39. The minimum absolute atomic E-state index is 0.397. The first-order valence-electron chi connectivity index (χ1n) is 6.16. The Morgan fingerprint density at radius 2 is 1.86 bits per heavy atom. The predicted octanol–water partition coefficient (Wildman–Crippen LogP) is 3.21. The van der Waals surface area contributed by atoms with Crippen LogP contribution < -0.4 is 0 Å². The second-order valence-corrected chi connectivity index (χ2v) is 5.61. The minimum atomic E-state index is -0.397. The number of hydrogen-bond donors (Lipinski definition) is 0. The molecule has 0 aromatic rings. The Labute approximate surface area is 91.0 Å². The van der Waals surface area contributed by atoms with Gasteiger partial charge in [-0.15, -0.1) is 0 Å². The fraction of sp³-hybridized carbons (Fsp3) is 1.00. The highest BCUT2D eigenvalue weighted by Gasteiger charge is 2.44. The molecule has 1 spiro atoms. The lowest BCUT2D eigenvalue weighted by Crippen LogP contribution is -2.23. The lowest BCUT2D eigenvalue weighted by atomic mass is 9.46. The van der Waals surface area contributed by atoms with Crippen molar-refractivity contribution >= 4 is 15.7 Å². The summed E-state index contributed by atoms with van der Waals surface area (Å²) in [4.78, 5) is 0. The van der Waals surface area contributed by atoms with Gasteiger partial charge in [-0.25, -0.2) is 0 Å². The predicted molar refractivity (Wildman–Crippen MR) is 62.7 cm³/mol. The van der Waals surface area contributed by atoms with Gasteiger partial charge in [-0.1, -0.05) is 43.7 Å². The molecule has 0 aromatic heterocycles. The molecule has 14 heavy (non-hydrogen) atoms. The summed E-state index contributed by atoms with van der Waals surface area (Å²) in [7, 11) is 12.3. The molecule has 0 amide bonds. The average Bonchev–Trinajstić information content (AvgIpc) is 2.78. The lowest BCUT2D eigenvalue weighted by Gasteiger charge is -2.33. The van der Waals surface area contributed by atoms with E-state index in [4.69, 9.17) is 15.7 Å². The van der Waals surface area contributed by atoms with Crippen LogP contribution in [-0.2, 0) is 0 Å². The third kappa shape index (κ3) is 1.77. The molecule has 4 radical (unpaired) electrons. The minimum Gasteiger partial charge on any atom is -0.0965 e. The van der Waals surface area contributed by atoms with E-state index >= 15 is 0 Å². The van der Waals surface area contributed by atoms with Crippen LogP contribution in [0.4, 0.5) is 0 Å². The van der Waals surface area contributed by atoms with E-state index in [1.54, 1.807) is 0 Å². The van der Waals surface area contributed by atoms with Crippen LogP contribution in [0.15, 0.2) is 0 Å². The molecular weight excluding hydrogens is 166 g/mol. The molecule has 0 saturated heterocycles. The summed E-state index contributed by atoms with van der Waals surface area (Å²) < 4.78 is 0. The van der Waals surface area contributed by atoms with Gasteiger partial charge in [0, 0.05) is 0 Å².